The van der Waals surface area contributed by atoms with Gasteiger partial charge in [0.05, 0.1) is 0 Å². The minimum atomic E-state index is -0.197. The lowest BCUT2D eigenvalue weighted by molar-refractivity contribution is -0.132. The Hall–Kier alpha value is -0.410. The molecule has 4 fully saturated rings. The van der Waals surface area contributed by atoms with E-state index in [4.69, 9.17) is 11.8 Å². The number of nitrogens with zero attached hydrogens (tertiary/aromatic N) is 1. The molecule has 4 aliphatic rings. The second-order valence-electron chi connectivity index (χ2n) is 11.2. The standard InChI is InChI=1S/C22H34ClNO2/c1-19(2)15-7-9-21(19,5)17(25)13(15)11-24(23)12-14-16-8-10-22(6,18(14)26)20(16,3)4/h13-16H,7-12H2,1-6H3. The van der Waals surface area contributed by atoms with Gasteiger partial charge in [-0.05, 0) is 60.1 Å². The monoisotopic (exact) mass is 379 g/mol. The zero-order valence-electron chi connectivity index (χ0n) is 17.2. The molecular weight excluding hydrogens is 346 g/mol. The quantitative estimate of drug-likeness (QED) is 0.663. The van der Waals surface area contributed by atoms with Crippen LogP contribution in [0.5, 0.6) is 0 Å². The van der Waals surface area contributed by atoms with Gasteiger partial charge in [-0.15, -0.1) is 0 Å². The van der Waals surface area contributed by atoms with Gasteiger partial charge in [-0.25, -0.2) is 4.42 Å². The third-order valence-corrected chi connectivity index (χ3v) is 10.4. The maximum atomic E-state index is 13.1. The second kappa shape index (κ2) is 5.35. The summed E-state index contributed by atoms with van der Waals surface area (Å²) in [6.07, 6.45) is 4.28. The van der Waals surface area contributed by atoms with Crippen LogP contribution in [0.2, 0.25) is 0 Å². The van der Waals surface area contributed by atoms with Gasteiger partial charge in [-0.1, -0.05) is 41.5 Å². The van der Waals surface area contributed by atoms with E-state index in [1.165, 1.54) is 0 Å². The summed E-state index contributed by atoms with van der Waals surface area (Å²) in [5.74, 6) is 1.70. The molecule has 4 heteroatoms. The first-order chi connectivity index (χ1) is 11.9. The van der Waals surface area contributed by atoms with E-state index in [9.17, 15) is 9.59 Å². The van der Waals surface area contributed by atoms with Crippen LogP contribution in [-0.4, -0.2) is 29.1 Å². The third kappa shape index (κ3) is 2.00. The topological polar surface area (TPSA) is 37.4 Å². The number of hydrogen-bond donors (Lipinski definition) is 0. The molecule has 4 rings (SSSR count). The Bertz CT molecular complexity index is 615. The largest absolute Gasteiger partial charge is 0.299 e. The number of carbonyl (C=O) groups excluding carboxylic acids is 2. The highest BCUT2D eigenvalue weighted by molar-refractivity contribution is 6.13. The number of carbonyl (C=O) groups is 2. The minimum Gasteiger partial charge on any atom is -0.299 e. The van der Waals surface area contributed by atoms with Crippen LogP contribution in [0.4, 0.5) is 0 Å². The fourth-order valence-electron chi connectivity index (χ4n) is 7.47. The van der Waals surface area contributed by atoms with Crippen LogP contribution in [0, 0.1) is 45.3 Å². The minimum absolute atomic E-state index is 0.0264. The Kier molecular flexibility index (Phi) is 3.89. The van der Waals surface area contributed by atoms with Crippen molar-refractivity contribution in [1.29, 1.82) is 0 Å². The van der Waals surface area contributed by atoms with Crippen LogP contribution in [-0.2, 0) is 9.59 Å². The third-order valence-electron chi connectivity index (χ3n) is 10.1. The maximum absolute atomic E-state index is 13.1. The summed E-state index contributed by atoms with van der Waals surface area (Å²) in [4.78, 5) is 26.1. The summed E-state index contributed by atoms with van der Waals surface area (Å²) in [6.45, 7) is 14.5. The van der Waals surface area contributed by atoms with Crippen LogP contribution < -0.4 is 0 Å². The molecule has 3 nitrogen and oxygen atoms in total. The Morgan fingerprint density at radius 1 is 0.808 bits per heavy atom. The highest BCUT2D eigenvalue weighted by Gasteiger charge is 2.67. The van der Waals surface area contributed by atoms with Crippen molar-refractivity contribution in [3.63, 3.8) is 0 Å². The van der Waals surface area contributed by atoms with Crippen molar-refractivity contribution in [2.75, 3.05) is 13.1 Å². The smallest absolute Gasteiger partial charge is 0.143 e. The molecular formula is C22H34ClNO2. The summed E-state index contributed by atoms with van der Waals surface area (Å²) in [5.41, 5.74) is -0.274. The molecule has 4 saturated carbocycles. The number of rotatable bonds is 4. The molecule has 4 aliphatic carbocycles. The summed E-state index contributed by atoms with van der Waals surface area (Å²) in [7, 11) is 0. The van der Waals surface area contributed by atoms with E-state index in [1.54, 1.807) is 4.42 Å². The van der Waals surface area contributed by atoms with E-state index in [1.807, 2.05) is 0 Å². The number of halogens is 1. The molecule has 0 heterocycles. The normalized spacial score (nSPS) is 48.2. The van der Waals surface area contributed by atoms with Crippen molar-refractivity contribution in [2.45, 2.75) is 67.2 Å². The van der Waals surface area contributed by atoms with Crippen molar-refractivity contribution >= 4 is 23.3 Å². The molecule has 0 spiro atoms. The highest BCUT2D eigenvalue weighted by Crippen LogP contribution is 2.67. The zero-order valence-corrected chi connectivity index (χ0v) is 17.9. The van der Waals surface area contributed by atoms with Gasteiger partial charge in [-0.3, -0.25) is 9.59 Å². The molecule has 0 aromatic heterocycles. The molecule has 146 valence electrons. The van der Waals surface area contributed by atoms with E-state index in [0.717, 1.165) is 25.7 Å². The zero-order chi connectivity index (χ0) is 19.3. The predicted octanol–water partition coefficient (Wildman–Crippen LogP) is 4.73. The van der Waals surface area contributed by atoms with E-state index >= 15 is 0 Å². The van der Waals surface area contributed by atoms with E-state index in [0.29, 0.717) is 36.5 Å². The van der Waals surface area contributed by atoms with Gasteiger partial charge in [0.25, 0.3) is 0 Å². The van der Waals surface area contributed by atoms with Crippen LogP contribution >= 0.6 is 11.8 Å². The van der Waals surface area contributed by atoms with Gasteiger partial charge in [0.15, 0.2) is 0 Å². The van der Waals surface area contributed by atoms with Crippen LogP contribution in [0.1, 0.15) is 67.2 Å². The summed E-state index contributed by atoms with van der Waals surface area (Å²) in [6, 6.07) is 0. The molecule has 4 bridgehead atoms. The fourth-order valence-corrected chi connectivity index (χ4v) is 7.77. The van der Waals surface area contributed by atoms with Crippen molar-refractivity contribution in [1.82, 2.24) is 4.42 Å². The maximum Gasteiger partial charge on any atom is 0.143 e. The molecule has 0 aliphatic heterocycles. The lowest BCUT2D eigenvalue weighted by atomic mass is 9.70. The summed E-state index contributed by atoms with van der Waals surface area (Å²) in [5, 5.41) is 0. The van der Waals surface area contributed by atoms with Crippen LogP contribution in [0.15, 0.2) is 0 Å². The average Bonchev–Trinajstić information content (AvgIpc) is 3.02. The van der Waals surface area contributed by atoms with Gasteiger partial charge >= 0.3 is 0 Å². The molecule has 0 saturated heterocycles. The van der Waals surface area contributed by atoms with Gasteiger partial charge in [0.2, 0.25) is 0 Å². The second-order valence-corrected chi connectivity index (χ2v) is 11.6. The van der Waals surface area contributed by atoms with E-state index in [-0.39, 0.29) is 33.5 Å². The summed E-state index contributed by atoms with van der Waals surface area (Å²) < 4.78 is 1.78. The average molecular weight is 380 g/mol. The number of ketones is 2. The van der Waals surface area contributed by atoms with E-state index < -0.39 is 0 Å². The van der Waals surface area contributed by atoms with Crippen molar-refractivity contribution < 1.29 is 9.59 Å². The van der Waals surface area contributed by atoms with Crippen LogP contribution in [0.3, 0.4) is 0 Å². The van der Waals surface area contributed by atoms with Crippen molar-refractivity contribution in [2.24, 2.45) is 45.3 Å². The molecule has 0 aromatic carbocycles. The van der Waals surface area contributed by atoms with Crippen molar-refractivity contribution in [3.05, 3.63) is 0 Å². The summed E-state index contributed by atoms with van der Waals surface area (Å²) >= 11 is 6.65. The van der Waals surface area contributed by atoms with E-state index in [2.05, 4.69) is 41.5 Å². The first-order valence-corrected chi connectivity index (χ1v) is 10.7. The lowest BCUT2D eigenvalue weighted by Gasteiger charge is -2.32. The molecule has 0 aromatic rings. The molecule has 6 unspecified atom stereocenters. The first kappa shape index (κ1) is 18.9. The van der Waals surface area contributed by atoms with Crippen LogP contribution in [0.25, 0.3) is 0 Å². The Morgan fingerprint density at radius 2 is 1.15 bits per heavy atom. The predicted molar refractivity (Wildman–Crippen MR) is 104 cm³/mol. The Morgan fingerprint density at radius 3 is 1.42 bits per heavy atom. The lowest BCUT2D eigenvalue weighted by Crippen LogP contribution is -2.39. The fraction of sp³-hybridized carbons (Fsp3) is 0.909. The highest BCUT2D eigenvalue weighted by atomic mass is 35.5. The first-order valence-electron chi connectivity index (χ1n) is 10.4. The van der Waals surface area contributed by atoms with Crippen molar-refractivity contribution in [3.8, 4) is 0 Å². The Labute approximate surface area is 163 Å². The molecule has 0 radical (unpaired) electrons. The molecule has 0 N–H and O–H groups in total. The van der Waals surface area contributed by atoms with Gasteiger partial charge in [-0.2, -0.15) is 0 Å². The van der Waals surface area contributed by atoms with Gasteiger partial charge < -0.3 is 0 Å². The molecule has 0 amide bonds. The molecule has 6 atom stereocenters. The molecule has 26 heavy (non-hydrogen) atoms. The number of Topliss-reactive ketones (excluding diaryl/α,β-unsaturated/α-hetero) is 2. The van der Waals surface area contributed by atoms with Gasteiger partial charge in [0.1, 0.15) is 11.6 Å². The Balaban J connectivity index is 1.47. The van der Waals surface area contributed by atoms with Gasteiger partial charge in [0, 0.05) is 35.8 Å². The number of fused-ring (bicyclic) bond motifs is 4. The number of hydrogen-bond acceptors (Lipinski definition) is 3. The SMILES string of the molecule is CC12CCC(C(CN(Cl)CC3C(=O)C4(C)CCC3C4(C)C)C1=O)C2(C)C.